The molecule has 0 spiro atoms. The molecule has 1 heterocycles. The van der Waals surface area contributed by atoms with Crippen molar-refractivity contribution in [1.29, 1.82) is 0 Å². The molecule has 0 radical (unpaired) electrons. The fraction of sp³-hybridized carbons (Fsp3) is 0.136. The van der Waals surface area contributed by atoms with Crippen LogP contribution in [0.4, 0.5) is 5.69 Å². The summed E-state index contributed by atoms with van der Waals surface area (Å²) >= 11 is 1.44. The Morgan fingerprint density at radius 3 is 2.57 bits per heavy atom. The van der Waals surface area contributed by atoms with Gasteiger partial charge in [-0.25, -0.2) is 0 Å². The van der Waals surface area contributed by atoms with E-state index in [9.17, 15) is 14.7 Å². The van der Waals surface area contributed by atoms with E-state index in [4.69, 9.17) is 0 Å². The van der Waals surface area contributed by atoms with Gasteiger partial charge >= 0.3 is 5.97 Å². The van der Waals surface area contributed by atoms with E-state index >= 15 is 0 Å². The van der Waals surface area contributed by atoms with Crippen molar-refractivity contribution in [2.45, 2.75) is 23.0 Å². The van der Waals surface area contributed by atoms with Gasteiger partial charge < -0.3 is 10.4 Å². The third-order valence-electron chi connectivity index (χ3n) is 4.02. The van der Waals surface area contributed by atoms with Crippen molar-refractivity contribution in [3.05, 3.63) is 90.3 Å². The monoisotopic (exact) mass is 392 g/mol. The van der Waals surface area contributed by atoms with Crippen LogP contribution in [0.1, 0.15) is 22.8 Å². The Morgan fingerprint density at radius 2 is 1.86 bits per heavy atom. The van der Waals surface area contributed by atoms with Crippen LogP contribution in [-0.4, -0.2) is 22.0 Å². The minimum atomic E-state index is -0.867. The molecule has 1 atom stereocenters. The molecule has 0 saturated carbocycles. The Labute approximate surface area is 167 Å². The standard InChI is InChI=1S/C22H20N2O3S/c25-21(12-16-6-2-1-3-7-16)24-18-9-4-10-19(13-18)28-20(14-22(26)27)17-8-5-11-23-15-17/h1-11,13,15,20H,12,14H2,(H,24,25)(H,26,27). The van der Waals surface area contributed by atoms with Gasteiger partial charge in [-0.2, -0.15) is 0 Å². The van der Waals surface area contributed by atoms with E-state index < -0.39 is 5.97 Å². The summed E-state index contributed by atoms with van der Waals surface area (Å²) < 4.78 is 0. The number of hydrogen-bond donors (Lipinski definition) is 2. The SMILES string of the molecule is O=C(O)CC(Sc1cccc(NC(=O)Cc2ccccc2)c1)c1cccnc1. The number of pyridine rings is 1. The van der Waals surface area contributed by atoms with E-state index in [0.717, 1.165) is 16.0 Å². The molecule has 0 aliphatic heterocycles. The Hall–Kier alpha value is -3.12. The number of thioether (sulfide) groups is 1. The lowest BCUT2D eigenvalue weighted by atomic mass is 10.1. The molecule has 2 aromatic carbocycles. The van der Waals surface area contributed by atoms with Crippen molar-refractivity contribution < 1.29 is 14.7 Å². The van der Waals surface area contributed by atoms with Gasteiger partial charge in [0.25, 0.3) is 0 Å². The molecule has 0 aliphatic rings. The number of aliphatic carboxylic acids is 1. The number of rotatable bonds is 8. The summed E-state index contributed by atoms with van der Waals surface area (Å²) in [5, 5.41) is 11.9. The van der Waals surface area contributed by atoms with E-state index in [1.54, 1.807) is 18.5 Å². The smallest absolute Gasteiger partial charge is 0.304 e. The Bertz CT molecular complexity index is 933. The molecule has 0 aliphatic carbocycles. The van der Waals surface area contributed by atoms with Crippen molar-refractivity contribution in [2.24, 2.45) is 0 Å². The number of carboxylic acid groups (broad SMARTS) is 1. The predicted octanol–water partition coefficient (Wildman–Crippen LogP) is 4.57. The second-order valence-electron chi connectivity index (χ2n) is 6.23. The third-order valence-corrected chi connectivity index (χ3v) is 5.27. The number of nitrogens with zero attached hydrogens (tertiary/aromatic N) is 1. The zero-order valence-corrected chi connectivity index (χ0v) is 15.9. The number of anilines is 1. The predicted molar refractivity (Wildman–Crippen MR) is 110 cm³/mol. The topological polar surface area (TPSA) is 79.3 Å². The van der Waals surface area contributed by atoms with Gasteiger partial charge in [0.2, 0.25) is 5.91 Å². The summed E-state index contributed by atoms with van der Waals surface area (Å²) in [4.78, 5) is 28.5. The molecule has 3 rings (SSSR count). The summed E-state index contributed by atoms with van der Waals surface area (Å²) in [5.41, 5.74) is 2.49. The average Bonchev–Trinajstić information content (AvgIpc) is 2.69. The maximum atomic E-state index is 12.3. The van der Waals surface area contributed by atoms with Gasteiger partial charge in [-0.3, -0.25) is 14.6 Å². The highest BCUT2D eigenvalue weighted by molar-refractivity contribution is 7.99. The quantitative estimate of drug-likeness (QED) is 0.549. The van der Waals surface area contributed by atoms with Crippen LogP contribution in [0.25, 0.3) is 0 Å². The molecular formula is C22H20N2O3S. The second-order valence-corrected chi connectivity index (χ2v) is 7.51. The number of amides is 1. The fourth-order valence-electron chi connectivity index (χ4n) is 2.75. The maximum absolute atomic E-state index is 12.3. The fourth-order valence-corrected chi connectivity index (χ4v) is 3.93. The number of hydrogen-bond acceptors (Lipinski definition) is 4. The Kier molecular flexibility index (Phi) is 6.81. The third kappa shape index (κ3) is 5.96. The summed E-state index contributed by atoms with van der Waals surface area (Å²) in [5.74, 6) is -0.962. The van der Waals surface area contributed by atoms with Gasteiger partial charge in [0.1, 0.15) is 0 Å². The van der Waals surface area contributed by atoms with Crippen LogP contribution in [0.5, 0.6) is 0 Å². The molecule has 2 N–H and O–H groups in total. The highest BCUT2D eigenvalue weighted by atomic mass is 32.2. The Balaban J connectivity index is 1.69. The summed E-state index contributed by atoms with van der Waals surface area (Å²) in [6.07, 6.45) is 3.64. The van der Waals surface area contributed by atoms with Crippen LogP contribution in [0.15, 0.2) is 84.0 Å². The first-order chi connectivity index (χ1) is 13.6. The first kappa shape index (κ1) is 19.6. The van der Waals surface area contributed by atoms with Gasteiger partial charge in [0, 0.05) is 28.2 Å². The van der Waals surface area contributed by atoms with E-state index in [1.807, 2.05) is 60.7 Å². The number of benzene rings is 2. The molecule has 1 aromatic heterocycles. The first-order valence-electron chi connectivity index (χ1n) is 8.82. The number of carbonyl (C=O) groups is 2. The molecular weight excluding hydrogens is 372 g/mol. The number of nitrogens with one attached hydrogen (secondary N) is 1. The van der Waals surface area contributed by atoms with Gasteiger partial charge in [-0.15, -0.1) is 11.8 Å². The van der Waals surface area contributed by atoms with Crippen LogP contribution in [0, 0.1) is 0 Å². The van der Waals surface area contributed by atoms with Gasteiger partial charge in [0.15, 0.2) is 0 Å². The van der Waals surface area contributed by atoms with Crippen molar-refractivity contribution in [1.82, 2.24) is 4.98 Å². The Morgan fingerprint density at radius 1 is 1.04 bits per heavy atom. The zero-order valence-electron chi connectivity index (χ0n) is 15.1. The minimum Gasteiger partial charge on any atom is -0.481 e. The molecule has 0 fully saturated rings. The van der Waals surface area contributed by atoms with E-state index in [2.05, 4.69) is 10.3 Å². The first-order valence-corrected chi connectivity index (χ1v) is 9.70. The zero-order chi connectivity index (χ0) is 19.8. The molecule has 1 unspecified atom stereocenters. The van der Waals surface area contributed by atoms with Crippen LogP contribution >= 0.6 is 11.8 Å². The van der Waals surface area contributed by atoms with Crippen molar-refractivity contribution in [2.75, 3.05) is 5.32 Å². The second kappa shape index (κ2) is 9.71. The van der Waals surface area contributed by atoms with Crippen LogP contribution in [0.2, 0.25) is 0 Å². The maximum Gasteiger partial charge on any atom is 0.304 e. The van der Waals surface area contributed by atoms with Crippen LogP contribution in [0.3, 0.4) is 0 Å². The molecule has 5 nitrogen and oxygen atoms in total. The number of carboxylic acids is 1. The lowest BCUT2D eigenvalue weighted by Gasteiger charge is -2.15. The average molecular weight is 392 g/mol. The molecule has 142 valence electrons. The van der Waals surface area contributed by atoms with Crippen LogP contribution in [-0.2, 0) is 16.0 Å². The van der Waals surface area contributed by atoms with E-state index in [-0.39, 0.29) is 17.6 Å². The van der Waals surface area contributed by atoms with Gasteiger partial charge in [-0.1, -0.05) is 42.5 Å². The van der Waals surface area contributed by atoms with Gasteiger partial charge in [-0.05, 0) is 35.4 Å². The molecule has 3 aromatic rings. The molecule has 1 amide bonds. The lowest BCUT2D eigenvalue weighted by molar-refractivity contribution is -0.137. The van der Waals surface area contributed by atoms with Gasteiger partial charge in [0.05, 0.1) is 12.8 Å². The summed E-state index contributed by atoms with van der Waals surface area (Å²) in [6, 6.07) is 20.7. The number of aromatic nitrogens is 1. The normalized spacial score (nSPS) is 11.6. The summed E-state index contributed by atoms with van der Waals surface area (Å²) in [7, 11) is 0. The highest BCUT2D eigenvalue weighted by Gasteiger charge is 2.17. The van der Waals surface area contributed by atoms with Crippen LogP contribution < -0.4 is 5.32 Å². The van der Waals surface area contributed by atoms with E-state index in [1.165, 1.54) is 11.8 Å². The molecule has 0 bridgehead atoms. The van der Waals surface area contributed by atoms with Crippen molar-refractivity contribution in [3.63, 3.8) is 0 Å². The minimum absolute atomic E-state index is 0.0129. The number of carbonyl (C=O) groups excluding carboxylic acids is 1. The van der Waals surface area contributed by atoms with E-state index in [0.29, 0.717) is 12.1 Å². The molecule has 28 heavy (non-hydrogen) atoms. The summed E-state index contributed by atoms with van der Waals surface area (Å²) in [6.45, 7) is 0. The van der Waals surface area contributed by atoms with Crippen molar-refractivity contribution in [3.8, 4) is 0 Å². The molecule has 0 saturated heterocycles. The molecule has 6 heteroatoms. The van der Waals surface area contributed by atoms with Crippen molar-refractivity contribution >= 4 is 29.3 Å². The lowest BCUT2D eigenvalue weighted by Crippen LogP contribution is -2.14. The highest BCUT2D eigenvalue weighted by Crippen LogP contribution is 2.38. The largest absolute Gasteiger partial charge is 0.481 e.